The van der Waals surface area contributed by atoms with E-state index in [9.17, 15) is 4.79 Å². The molecule has 4 nitrogen and oxygen atoms in total. The Morgan fingerprint density at radius 2 is 2.38 bits per heavy atom. The van der Waals surface area contributed by atoms with Crippen molar-refractivity contribution in [3.63, 3.8) is 0 Å². The first kappa shape index (κ1) is 7.79. The summed E-state index contributed by atoms with van der Waals surface area (Å²) < 4.78 is 0. The van der Waals surface area contributed by atoms with Gasteiger partial charge in [0.1, 0.15) is 5.65 Å². The zero-order chi connectivity index (χ0) is 9.42. The number of carbonyl (C=O) groups is 1. The number of fused-ring (bicyclic) bond motifs is 1. The second-order valence-corrected chi connectivity index (χ2v) is 2.90. The smallest absolute Gasteiger partial charge is 0.337 e. The summed E-state index contributed by atoms with van der Waals surface area (Å²) in [6.45, 7) is 1.91. The van der Waals surface area contributed by atoms with Crippen molar-refractivity contribution in [1.29, 1.82) is 0 Å². The molecule has 0 amide bonds. The number of aryl methyl sites for hydroxylation is 1. The van der Waals surface area contributed by atoms with E-state index in [0.717, 1.165) is 16.6 Å². The van der Waals surface area contributed by atoms with E-state index < -0.39 is 5.97 Å². The van der Waals surface area contributed by atoms with E-state index in [4.69, 9.17) is 5.11 Å². The third kappa shape index (κ3) is 1.16. The van der Waals surface area contributed by atoms with Crippen LogP contribution >= 0.6 is 0 Å². The maximum Gasteiger partial charge on any atom is 0.337 e. The third-order valence-corrected chi connectivity index (χ3v) is 1.98. The number of nitrogens with one attached hydrogen (secondary N) is 1. The van der Waals surface area contributed by atoms with Crippen LogP contribution in [0.15, 0.2) is 18.5 Å². The van der Waals surface area contributed by atoms with Crippen molar-refractivity contribution >= 4 is 17.0 Å². The Kier molecular flexibility index (Phi) is 1.55. The lowest BCUT2D eigenvalue weighted by Crippen LogP contribution is -1.96. The van der Waals surface area contributed by atoms with Crippen molar-refractivity contribution in [2.24, 2.45) is 0 Å². The highest BCUT2D eigenvalue weighted by atomic mass is 16.4. The average molecular weight is 176 g/mol. The van der Waals surface area contributed by atoms with Crippen LogP contribution in [0.2, 0.25) is 0 Å². The number of aromatic nitrogens is 2. The first-order valence-electron chi connectivity index (χ1n) is 3.85. The fourth-order valence-electron chi connectivity index (χ4n) is 1.25. The van der Waals surface area contributed by atoms with E-state index in [-0.39, 0.29) is 5.56 Å². The van der Waals surface area contributed by atoms with Crippen LogP contribution in [-0.4, -0.2) is 21.0 Å². The number of rotatable bonds is 1. The van der Waals surface area contributed by atoms with Gasteiger partial charge in [0.25, 0.3) is 0 Å². The van der Waals surface area contributed by atoms with Crippen molar-refractivity contribution < 1.29 is 9.90 Å². The molecule has 0 aromatic carbocycles. The Hall–Kier alpha value is -1.84. The fraction of sp³-hybridized carbons (Fsp3) is 0.111. The molecule has 0 aliphatic carbocycles. The highest BCUT2D eigenvalue weighted by molar-refractivity contribution is 5.92. The Bertz CT molecular complexity index is 473. The minimum absolute atomic E-state index is 0.218. The number of carboxylic acids is 1. The zero-order valence-corrected chi connectivity index (χ0v) is 7.03. The molecule has 0 spiro atoms. The van der Waals surface area contributed by atoms with Gasteiger partial charge in [-0.25, -0.2) is 9.78 Å². The van der Waals surface area contributed by atoms with Crippen LogP contribution in [-0.2, 0) is 0 Å². The van der Waals surface area contributed by atoms with Crippen molar-refractivity contribution in [2.75, 3.05) is 0 Å². The standard InChI is InChI=1S/C9H8N2O2/c1-5-3-10-8-7(5)2-6(4-11-8)9(12)13/h2-4H,1H3,(H,10,11)(H,12,13). The SMILES string of the molecule is Cc1c[nH]c2ncc(C(=O)O)cc12. The Morgan fingerprint density at radius 3 is 3.08 bits per heavy atom. The van der Waals surface area contributed by atoms with Crippen LogP contribution in [0.3, 0.4) is 0 Å². The molecule has 2 heterocycles. The summed E-state index contributed by atoms with van der Waals surface area (Å²) in [7, 11) is 0. The highest BCUT2D eigenvalue weighted by Crippen LogP contribution is 2.16. The van der Waals surface area contributed by atoms with Gasteiger partial charge in [-0.1, -0.05) is 0 Å². The van der Waals surface area contributed by atoms with E-state index in [2.05, 4.69) is 9.97 Å². The molecular formula is C9H8N2O2. The Balaban J connectivity index is 2.72. The summed E-state index contributed by atoms with van der Waals surface area (Å²) in [6.07, 6.45) is 3.16. The molecular weight excluding hydrogens is 168 g/mol. The third-order valence-electron chi connectivity index (χ3n) is 1.98. The molecule has 0 fully saturated rings. The summed E-state index contributed by atoms with van der Waals surface area (Å²) in [6, 6.07) is 1.62. The minimum atomic E-state index is -0.949. The van der Waals surface area contributed by atoms with Gasteiger partial charge in [-0.2, -0.15) is 0 Å². The van der Waals surface area contributed by atoms with E-state index in [1.54, 1.807) is 6.07 Å². The summed E-state index contributed by atoms with van der Waals surface area (Å²) in [5, 5.41) is 9.58. The van der Waals surface area contributed by atoms with Crippen LogP contribution in [0.5, 0.6) is 0 Å². The molecule has 0 aliphatic heterocycles. The summed E-state index contributed by atoms with van der Waals surface area (Å²) in [5.74, 6) is -0.949. The number of hydrogen-bond donors (Lipinski definition) is 2. The molecule has 0 aliphatic rings. The van der Waals surface area contributed by atoms with Crippen LogP contribution in [0.1, 0.15) is 15.9 Å². The highest BCUT2D eigenvalue weighted by Gasteiger charge is 2.06. The van der Waals surface area contributed by atoms with Crippen molar-refractivity contribution in [2.45, 2.75) is 6.92 Å². The van der Waals surface area contributed by atoms with Gasteiger partial charge in [0.05, 0.1) is 5.56 Å². The van der Waals surface area contributed by atoms with Crippen molar-refractivity contribution in [1.82, 2.24) is 9.97 Å². The number of carboxylic acid groups (broad SMARTS) is 1. The van der Waals surface area contributed by atoms with Gasteiger partial charge < -0.3 is 10.1 Å². The maximum atomic E-state index is 10.6. The minimum Gasteiger partial charge on any atom is -0.478 e. The van der Waals surface area contributed by atoms with Gasteiger partial charge in [-0.15, -0.1) is 0 Å². The van der Waals surface area contributed by atoms with Crippen LogP contribution < -0.4 is 0 Å². The second kappa shape index (κ2) is 2.58. The molecule has 0 bridgehead atoms. The molecule has 66 valence electrons. The largest absolute Gasteiger partial charge is 0.478 e. The Morgan fingerprint density at radius 1 is 1.62 bits per heavy atom. The van der Waals surface area contributed by atoms with Gasteiger partial charge in [-0.3, -0.25) is 0 Å². The average Bonchev–Trinajstić information content (AvgIpc) is 2.47. The first-order chi connectivity index (χ1) is 6.18. The van der Waals surface area contributed by atoms with Crippen LogP contribution in [0, 0.1) is 6.92 Å². The predicted molar refractivity (Wildman–Crippen MR) is 47.8 cm³/mol. The quantitative estimate of drug-likeness (QED) is 0.693. The molecule has 4 heteroatoms. The summed E-state index contributed by atoms with van der Waals surface area (Å²) in [5.41, 5.74) is 1.95. The molecule has 13 heavy (non-hydrogen) atoms. The monoisotopic (exact) mass is 176 g/mol. The lowest BCUT2D eigenvalue weighted by Gasteiger charge is -1.94. The van der Waals surface area contributed by atoms with Gasteiger partial charge in [0, 0.05) is 17.8 Å². The summed E-state index contributed by atoms with van der Waals surface area (Å²) in [4.78, 5) is 17.6. The molecule has 2 rings (SSSR count). The zero-order valence-electron chi connectivity index (χ0n) is 7.03. The van der Waals surface area contributed by atoms with Gasteiger partial charge >= 0.3 is 5.97 Å². The van der Waals surface area contributed by atoms with Crippen LogP contribution in [0.4, 0.5) is 0 Å². The van der Waals surface area contributed by atoms with E-state index in [0.29, 0.717) is 0 Å². The summed E-state index contributed by atoms with van der Waals surface area (Å²) >= 11 is 0. The number of hydrogen-bond acceptors (Lipinski definition) is 2. The predicted octanol–water partition coefficient (Wildman–Crippen LogP) is 1.57. The van der Waals surface area contributed by atoms with E-state index >= 15 is 0 Å². The number of nitrogens with zero attached hydrogens (tertiary/aromatic N) is 1. The van der Waals surface area contributed by atoms with E-state index in [1.807, 2.05) is 13.1 Å². The van der Waals surface area contributed by atoms with Crippen molar-refractivity contribution in [3.05, 3.63) is 29.6 Å². The van der Waals surface area contributed by atoms with Gasteiger partial charge in [0.15, 0.2) is 0 Å². The van der Waals surface area contributed by atoms with Gasteiger partial charge in [0.2, 0.25) is 0 Å². The topological polar surface area (TPSA) is 66.0 Å². The lowest BCUT2D eigenvalue weighted by atomic mass is 10.2. The van der Waals surface area contributed by atoms with E-state index in [1.165, 1.54) is 6.20 Å². The lowest BCUT2D eigenvalue weighted by molar-refractivity contribution is 0.0696. The number of H-pyrrole nitrogens is 1. The van der Waals surface area contributed by atoms with Crippen LogP contribution in [0.25, 0.3) is 11.0 Å². The molecule has 0 unspecified atom stereocenters. The molecule has 0 saturated carbocycles. The molecule has 2 aromatic heterocycles. The number of aromatic carboxylic acids is 1. The molecule has 0 saturated heterocycles. The first-order valence-corrected chi connectivity index (χ1v) is 3.85. The number of pyridine rings is 1. The maximum absolute atomic E-state index is 10.6. The Labute approximate surface area is 74.2 Å². The fourth-order valence-corrected chi connectivity index (χ4v) is 1.25. The van der Waals surface area contributed by atoms with Crippen molar-refractivity contribution in [3.8, 4) is 0 Å². The molecule has 0 atom stereocenters. The molecule has 0 radical (unpaired) electrons. The second-order valence-electron chi connectivity index (χ2n) is 2.90. The number of aromatic amines is 1. The molecule has 2 N–H and O–H groups in total. The van der Waals surface area contributed by atoms with Gasteiger partial charge in [-0.05, 0) is 18.6 Å². The molecule has 2 aromatic rings. The normalized spacial score (nSPS) is 10.5.